The first kappa shape index (κ1) is 15.9. The highest BCUT2D eigenvalue weighted by atomic mass is 16.1. The van der Waals surface area contributed by atoms with Crippen molar-refractivity contribution in [2.75, 3.05) is 11.9 Å². The molecule has 0 fully saturated rings. The van der Waals surface area contributed by atoms with Crippen molar-refractivity contribution in [2.45, 2.75) is 33.2 Å². The van der Waals surface area contributed by atoms with E-state index in [0.717, 1.165) is 12.8 Å². The Morgan fingerprint density at radius 3 is 2.64 bits per heavy atom. The van der Waals surface area contributed by atoms with Crippen LogP contribution < -0.4 is 10.6 Å². The molecular formula is C17H22N4O. The highest BCUT2D eigenvalue weighted by Gasteiger charge is 2.07. The first-order valence-electron chi connectivity index (χ1n) is 7.61. The normalized spacial score (nSPS) is 10.3. The standard InChI is InChI=1S/C17H22N4O/c1-3-4-11-18-17(22)15-9-10-16(21-20-15)19-12-14-8-6-5-7-13(14)2/h5-10H,3-4,11-12H2,1-2H3,(H,18,22)(H,19,21). The van der Waals surface area contributed by atoms with E-state index in [0.29, 0.717) is 24.6 Å². The van der Waals surface area contributed by atoms with Gasteiger partial charge in [-0.3, -0.25) is 4.79 Å². The number of unbranched alkanes of at least 4 members (excludes halogenated alkanes) is 1. The molecule has 0 radical (unpaired) electrons. The number of aromatic nitrogens is 2. The largest absolute Gasteiger partial charge is 0.364 e. The Morgan fingerprint density at radius 2 is 1.95 bits per heavy atom. The highest BCUT2D eigenvalue weighted by molar-refractivity contribution is 5.92. The number of nitrogens with zero attached hydrogens (tertiary/aromatic N) is 2. The summed E-state index contributed by atoms with van der Waals surface area (Å²) in [4.78, 5) is 11.8. The van der Waals surface area contributed by atoms with Crippen LogP contribution >= 0.6 is 0 Å². The molecule has 2 aromatic rings. The number of amides is 1. The number of benzene rings is 1. The van der Waals surface area contributed by atoms with Crippen LogP contribution in [0.2, 0.25) is 0 Å². The van der Waals surface area contributed by atoms with Gasteiger partial charge in [0.2, 0.25) is 0 Å². The number of carbonyl (C=O) groups excluding carboxylic acids is 1. The summed E-state index contributed by atoms with van der Waals surface area (Å²) >= 11 is 0. The van der Waals surface area contributed by atoms with Crippen LogP contribution in [0.4, 0.5) is 5.82 Å². The predicted molar refractivity (Wildman–Crippen MR) is 87.8 cm³/mol. The molecule has 1 aromatic heterocycles. The van der Waals surface area contributed by atoms with E-state index in [4.69, 9.17) is 0 Å². The Morgan fingerprint density at radius 1 is 1.14 bits per heavy atom. The smallest absolute Gasteiger partial charge is 0.271 e. The molecule has 116 valence electrons. The van der Waals surface area contributed by atoms with Crippen LogP contribution in [0.5, 0.6) is 0 Å². The summed E-state index contributed by atoms with van der Waals surface area (Å²) in [6, 6.07) is 11.6. The highest BCUT2D eigenvalue weighted by Crippen LogP contribution is 2.10. The Labute approximate surface area is 131 Å². The molecule has 0 unspecified atom stereocenters. The third kappa shape index (κ3) is 4.55. The maximum atomic E-state index is 11.8. The summed E-state index contributed by atoms with van der Waals surface area (Å²) in [5, 5.41) is 14.1. The molecule has 2 N–H and O–H groups in total. The number of aryl methyl sites for hydroxylation is 1. The lowest BCUT2D eigenvalue weighted by molar-refractivity contribution is 0.0947. The number of hydrogen-bond acceptors (Lipinski definition) is 4. The van der Waals surface area contributed by atoms with Gasteiger partial charge in [0, 0.05) is 13.1 Å². The van der Waals surface area contributed by atoms with Crippen molar-refractivity contribution >= 4 is 11.7 Å². The second-order valence-electron chi connectivity index (χ2n) is 5.19. The molecule has 0 saturated heterocycles. The molecule has 0 bridgehead atoms. The molecule has 0 aliphatic carbocycles. The van der Waals surface area contributed by atoms with E-state index >= 15 is 0 Å². The lowest BCUT2D eigenvalue weighted by Crippen LogP contribution is -2.25. The van der Waals surface area contributed by atoms with Gasteiger partial charge in [0.15, 0.2) is 5.69 Å². The third-order valence-corrected chi connectivity index (χ3v) is 3.43. The molecule has 0 saturated carbocycles. The van der Waals surface area contributed by atoms with E-state index in [1.165, 1.54) is 11.1 Å². The number of anilines is 1. The minimum absolute atomic E-state index is 0.175. The van der Waals surface area contributed by atoms with E-state index in [1.54, 1.807) is 12.1 Å². The number of rotatable bonds is 7. The van der Waals surface area contributed by atoms with Crippen LogP contribution in [0.25, 0.3) is 0 Å². The SMILES string of the molecule is CCCCNC(=O)c1ccc(NCc2ccccc2C)nn1. The van der Waals surface area contributed by atoms with Gasteiger partial charge >= 0.3 is 0 Å². The van der Waals surface area contributed by atoms with Gasteiger partial charge in [-0.1, -0.05) is 37.6 Å². The van der Waals surface area contributed by atoms with Crippen LogP contribution in [-0.2, 0) is 6.54 Å². The zero-order chi connectivity index (χ0) is 15.8. The average molecular weight is 298 g/mol. The Kier molecular flexibility index (Phi) is 5.89. The van der Waals surface area contributed by atoms with Gasteiger partial charge < -0.3 is 10.6 Å². The third-order valence-electron chi connectivity index (χ3n) is 3.43. The maximum Gasteiger partial charge on any atom is 0.271 e. The number of nitrogens with one attached hydrogen (secondary N) is 2. The van der Waals surface area contributed by atoms with Gasteiger partial charge in [-0.25, -0.2) is 0 Å². The Balaban J connectivity index is 1.89. The summed E-state index contributed by atoms with van der Waals surface area (Å²) in [5.74, 6) is 0.486. The molecule has 1 amide bonds. The average Bonchev–Trinajstić information content (AvgIpc) is 2.55. The maximum absolute atomic E-state index is 11.8. The molecule has 1 aromatic carbocycles. The van der Waals surface area contributed by atoms with Gasteiger partial charge in [-0.15, -0.1) is 10.2 Å². The lowest BCUT2D eigenvalue weighted by Gasteiger charge is -2.08. The van der Waals surface area contributed by atoms with Crippen molar-refractivity contribution < 1.29 is 4.79 Å². The van der Waals surface area contributed by atoms with E-state index in [2.05, 4.69) is 46.8 Å². The van der Waals surface area contributed by atoms with E-state index < -0.39 is 0 Å². The van der Waals surface area contributed by atoms with Crippen molar-refractivity contribution in [3.05, 3.63) is 53.2 Å². The van der Waals surface area contributed by atoms with Crippen molar-refractivity contribution in [2.24, 2.45) is 0 Å². The van der Waals surface area contributed by atoms with Crippen LogP contribution in [0.15, 0.2) is 36.4 Å². The van der Waals surface area contributed by atoms with Crippen molar-refractivity contribution in [3.63, 3.8) is 0 Å². The summed E-state index contributed by atoms with van der Waals surface area (Å²) in [7, 11) is 0. The van der Waals surface area contributed by atoms with E-state index in [9.17, 15) is 4.79 Å². The molecule has 5 heteroatoms. The minimum atomic E-state index is -0.175. The Hall–Kier alpha value is -2.43. The monoisotopic (exact) mass is 298 g/mol. The molecule has 0 spiro atoms. The van der Waals surface area contributed by atoms with Gasteiger partial charge in [0.25, 0.3) is 5.91 Å². The first-order valence-corrected chi connectivity index (χ1v) is 7.61. The summed E-state index contributed by atoms with van der Waals surface area (Å²) in [6.07, 6.45) is 2.02. The van der Waals surface area contributed by atoms with E-state index in [1.807, 2.05) is 12.1 Å². The zero-order valence-electron chi connectivity index (χ0n) is 13.1. The molecule has 22 heavy (non-hydrogen) atoms. The van der Waals surface area contributed by atoms with Crippen LogP contribution in [-0.4, -0.2) is 22.6 Å². The van der Waals surface area contributed by atoms with Crippen LogP contribution in [0, 0.1) is 6.92 Å². The van der Waals surface area contributed by atoms with Crippen molar-refractivity contribution in [1.82, 2.24) is 15.5 Å². The molecule has 1 heterocycles. The fourth-order valence-corrected chi connectivity index (χ4v) is 2.01. The summed E-state index contributed by atoms with van der Waals surface area (Å²) < 4.78 is 0. The molecule has 2 rings (SSSR count). The molecule has 0 atom stereocenters. The fraction of sp³-hybridized carbons (Fsp3) is 0.353. The first-order chi connectivity index (χ1) is 10.7. The topological polar surface area (TPSA) is 66.9 Å². The zero-order valence-corrected chi connectivity index (χ0v) is 13.1. The second kappa shape index (κ2) is 8.12. The predicted octanol–water partition coefficient (Wildman–Crippen LogP) is 2.93. The summed E-state index contributed by atoms with van der Waals surface area (Å²) in [6.45, 7) is 5.51. The molecular weight excluding hydrogens is 276 g/mol. The summed E-state index contributed by atoms with van der Waals surface area (Å²) in [5.41, 5.74) is 2.79. The number of carbonyl (C=O) groups is 1. The second-order valence-corrected chi connectivity index (χ2v) is 5.19. The minimum Gasteiger partial charge on any atom is -0.364 e. The quantitative estimate of drug-likeness (QED) is 0.771. The molecule has 0 aliphatic rings. The number of hydrogen-bond donors (Lipinski definition) is 2. The van der Waals surface area contributed by atoms with Gasteiger partial charge in [-0.2, -0.15) is 0 Å². The van der Waals surface area contributed by atoms with Crippen LogP contribution in [0.3, 0.4) is 0 Å². The van der Waals surface area contributed by atoms with Gasteiger partial charge in [0.1, 0.15) is 5.82 Å². The van der Waals surface area contributed by atoms with Gasteiger partial charge in [0.05, 0.1) is 0 Å². The van der Waals surface area contributed by atoms with Crippen LogP contribution in [0.1, 0.15) is 41.4 Å². The fourth-order valence-electron chi connectivity index (χ4n) is 2.01. The van der Waals surface area contributed by atoms with Crippen molar-refractivity contribution in [3.8, 4) is 0 Å². The lowest BCUT2D eigenvalue weighted by atomic mass is 10.1. The molecule has 0 aliphatic heterocycles. The van der Waals surface area contributed by atoms with E-state index in [-0.39, 0.29) is 5.91 Å². The van der Waals surface area contributed by atoms with Gasteiger partial charge in [-0.05, 0) is 36.6 Å². The molecule has 5 nitrogen and oxygen atoms in total. The van der Waals surface area contributed by atoms with Crippen molar-refractivity contribution in [1.29, 1.82) is 0 Å². The Bertz CT molecular complexity index is 610.